The number of allylic oxidation sites excluding steroid dienone is 6. The van der Waals surface area contributed by atoms with Gasteiger partial charge in [0.1, 0.15) is 0 Å². The number of rotatable bonds is 6. The van der Waals surface area contributed by atoms with Crippen LogP contribution in [0.3, 0.4) is 0 Å². The first kappa shape index (κ1) is 39.3. The van der Waals surface area contributed by atoms with Crippen LogP contribution in [0, 0.1) is 10.8 Å². The third-order valence-corrected chi connectivity index (χ3v) is 7.25. The number of hydrogen-bond donors (Lipinski definition) is 0. The lowest BCUT2D eigenvalue weighted by molar-refractivity contribution is 0.310. The van der Waals surface area contributed by atoms with E-state index in [0.29, 0.717) is 5.41 Å². The van der Waals surface area contributed by atoms with Crippen molar-refractivity contribution in [3.8, 4) is 0 Å². The van der Waals surface area contributed by atoms with E-state index in [2.05, 4.69) is 103 Å². The molecule has 0 amide bonds. The van der Waals surface area contributed by atoms with E-state index in [1.807, 2.05) is 73.6 Å². The Bertz CT molecular complexity index is 1050. The lowest BCUT2D eigenvalue weighted by Gasteiger charge is -2.46. The summed E-state index contributed by atoms with van der Waals surface area (Å²) >= 11 is 0. The first-order valence-corrected chi connectivity index (χ1v) is 15.6. The van der Waals surface area contributed by atoms with Crippen molar-refractivity contribution in [3.63, 3.8) is 0 Å². The maximum Gasteiger partial charge on any atom is 0.0113 e. The SMILES string of the molecule is C=C(C)c1ccccc1C(=C)C.C=Cc1ccc(C2=CCC(C)(CC)/C(=C\CC)C2(C)C)cc1.CC.CC.CC. The molecule has 0 saturated carbocycles. The van der Waals surface area contributed by atoms with E-state index in [-0.39, 0.29) is 5.41 Å². The van der Waals surface area contributed by atoms with Crippen LogP contribution in [-0.4, -0.2) is 0 Å². The fourth-order valence-corrected chi connectivity index (χ4v) is 5.14. The quantitative estimate of drug-likeness (QED) is 0.318. The molecule has 0 spiro atoms. The molecule has 0 heterocycles. The highest BCUT2D eigenvalue weighted by molar-refractivity contribution is 5.77. The van der Waals surface area contributed by atoms with E-state index in [1.165, 1.54) is 34.2 Å². The van der Waals surface area contributed by atoms with Crippen LogP contribution in [0.25, 0.3) is 22.8 Å². The molecule has 2 aromatic carbocycles. The van der Waals surface area contributed by atoms with Gasteiger partial charge in [0.25, 0.3) is 0 Å². The molecule has 0 radical (unpaired) electrons. The summed E-state index contributed by atoms with van der Waals surface area (Å²) in [4.78, 5) is 0. The third-order valence-electron chi connectivity index (χ3n) is 7.25. The Morgan fingerprint density at radius 1 is 0.775 bits per heavy atom. The summed E-state index contributed by atoms with van der Waals surface area (Å²) in [7, 11) is 0. The summed E-state index contributed by atoms with van der Waals surface area (Å²) < 4.78 is 0. The van der Waals surface area contributed by atoms with Crippen molar-refractivity contribution in [2.24, 2.45) is 10.8 Å². The topological polar surface area (TPSA) is 0 Å². The van der Waals surface area contributed by atoms with Gasteiger partial charge in [-0.05, 0) is 66.4 Å². The van der Waals surface area contributed by atoms with Crippen LogP contribution in [0.2, 0.25) is 0 Å². The van der Waals surface area contributed by atoms with Gasteiger partial charge in [-0.3, -0.25) is 0 Å². The standard InChI is InChI=1S/C22H30.C12H14.3C2H6/c1-7-10-20-21(4,5)19(15-16-22(20,6)9-3)18-13-11-17(8-2)12-14-18;1-9(2)11-7-5-6-8-12(11)10(3)4;3*1-2/h8,10-15H,2,7,9,16H2,1,3-6H3;5-8H,1,3H2,2,4H3;3*1-2H3/b20-10-;;;;. The summed E-state index contributed by atoms with van der Waals surface area (Å²) in [5, 5.41) is 0. The maximum absolute atomic E-state index is 3.93. The minimum atomic E-state index is 0.0920. The summed E-state index contributed by atoms with van der Waals surface area (Å²) in [6.07, 6.45) is 10.3. The lowest BCUT2D eigenvalue weighted by Crippen LogP contribution is -2.33. The average molecular weight is 543 g/mol. The predicted octanol–water partition coefficient (Wildman–Crippen LogP) is 13.7. The van der Waals surface area contributed by atoms with Gasteiger partial charge in [0.15, 0.2) is 0 Å². The van der Waals surface area contributed by atoms with Gasteiger partial charge >= 0.3 is 0 Å². The smallest absolute Gasteiger partial charge is 0.0113 e. The van der Waals surface area contributed by atoms with Crippen molar-refractivity contribution >= 4 is 22.8 Å². The van der Waals surface area contributed by atoms with Crippen LogP contribution in [0.5, 0.6) is 0 Å². The first-order chi connectivity index (χ1) is 19.0. The fourth-order valence-electron chi connectivity index (χ4n) is 5.14. The van der Waals surface area contributed by atoms with Gasteiger partial charge in [0, 0.05) is 5.41 Å². The van der Waals surface area contributed by atoms with Crippen LogP contribution in [-0.2, 0) is 0 Å². The van der Waals surface area contributed by atoms with E-state index in [9.17, 15) is 0 Å². The fraction of sp³-hybridized carbons (Fsp3) is 0.450. The van der Waals surface area contributed by atoms with Crippen molar-refractivity contribution in [3.05, 3.63) is 108 Å². The van der Waals surface area contributed by atoms with Gasteiger partial charge in [0.2, 0.25) is 0 Å². The van der Waals surface area contributed by atoms with E-state index in [4.69, 9.17) is 0 Å². The van der Waals surface area contributed by atoms with Gasteiger partial charge in [0.05, 0.1) is 0 Å². The van der Waals surface area contributed by atoms with Crippen molar-refractivity contribution < 1.29 is 0 Å². The monoisotopic (exact) mass is 542 g/mol. The molecule has 2 aromatic rings. The molecule has 1 aliphatic rings. The molecule has 1 unspecified atom stereocenters. The molecule has 1 atom stereocenters. The largest absolute Gasteiger partial charge is 0.0985 e. The zero-order valence-corrected chi connectivity index (χ0v) is 28.6. The molecule has 40 heavy (non-hydrogen) atoms. The second-order valence-electron chi connectivity index (χ2n) is 10.3. The minimum Gasteiger partial charge on any atom is -0.0985 e. The molecule has 0 aliphatic heterocycles. The van der Waals surface area contributed by atoms with Gasteiger partial charge in [-0.1, -0.05) is 179 Å². The third kappa shape index (κ3) is 10.6. The average Bonchev–Trinajstić information content (AvgIpc) is 2.98. The van der Waals surface area contributed by atoms with Gasteiger partial charge in [-0.2, -0.15) is 0 Å². The Kier molecular flexibility index (Phi) is 19.7. The van der Waals surface area contributed by atoms with Gasteiger partial charge in [-0.15, -0.1) is 0 Å². The molecule has 0 bridgehead atoms. The molecule has 0 aromatic heterocycles. The Morgan fingerprint density at radius 2 is 1.23 bits per heavy atom. The summed E-state index contributed by atoms with van der Waals surface area (Å²) in [6, 6.07) is 17.0. The maximum atomic E-state index is 3.93. The van der Waals surface area contributed by atoms with Crippen LogP contribution in [0.1, 0.15) is 132 Å². The van der Waals surface area contributed by atoms with E-state index in [1.54, 1.807) is 5.57 Å². The molecular weight excluding hydrogens is 480 g/mol. The van der Waals surface area contributed by atoms with E-state index < -0.39 is 0 Å². The van der Waals surface area contributed by atoms with Crippen LogP contribution >= 0.6 is 0 Å². The van der Waals surface area contributed by atoms with Gasteiger partial charge < -0.3 is 0 Å². The van der Waals surface area contributed by atoms with Crippen molar-refractivity contribution in [1.82, 2.24) is 0 Å². The van der Waals surface area contributed by atoms with E-state index >= 15 is 0 Å². The zero-order valence-electron chi connectivity index (χ0n) is 28.6. The lowest BCUT2D eigenvalue weighted by atomic mass is 9.58. The Labute approximate surface area is 250 Å². The molecule has 0 heteroatoms. The van der Waals surface area contributed by atoms with Crippen LogP contribution < -0.4 is 0 Å². The number of benzene rings is 2. The Balaban J connectivity index is 0. The molecule has 0 N–H and O–H groups in total. The van der Waals surface area contributed by atoms with Gasteiger partial charge in [-0.25, -0.2) is 0 Å². The normalized spacial score (nSPS) is 17.5. The highest BCUT2D eigenvalue weighted by Gasteiger charge is 2.41. The van der Waals surface area contributed by atoms with Crippen LogP contribution in [0.15, 0.2) is 86.0 Å². The number of hydrogen-bond acceptors (Lipinski definition) is 0. The second-order valence-corrected chi connectivity index (χ2v) is 10.3. The Morgan fingerprint density at radius 3 is 1.57 bits per heavy atom. The molecule has 222 valence electrons. The molecule has 0 nitrogen and oxygen atoms in total. The summed E-state index contributed by atoms with van der Waals surface area (Å²) in [6.45, 7) is 39.5. The minimum absolute atomic E-state index is 0.0920. The molecule has 0 fully saturated rings. The highest BCUT2D eigenvalue weighted by atomic mass is 14.5. The zero-order chi connectivity index (χ0) is 31.5. The molecule has 3 rings (SSSR count). The van der Waals surface area contributed by atoms with Crippen molar-refractivity contribution in [2.75, 3.05) is 0 Å². The van der Waals surface area contributed by atoms with Crippen molar-refractivity contribution in [1.29, 1.82) is 0 Å². The molecule has 0 saturated heterocycles. The molecular formula is C40H62. The predicted molar refractivity (Wildman–Crippen MR) is 190 cm³/mol. The van der Waals surface area contributed by atoms with E-state index in [0.717, 1.165) is 24.0 Å². The summed E-state index contributed by atoms with van der Waals surface area (Å²) in [5.41, 5.74) is 10.6. The van der Waals surface area contributed by atoms with Crippen molar-refractivity contribution in [2.45, 2.75) is 109 Å². The summed E-state index contributed by atoms with van der Waals surface area (Å²) in [5.74, 6) is 0. The van der Waals surface area contributed by atoms with Crippen LogP contribution in [0.4, 0.5) is 0 Å². The molecule has 1 aliphatic carbocycles. The first-order valence-electron chi connectivity index (χ1n) is 15.6. The Hall–Kier alpha value is -2.86. The highest BCUT2D eigenvalue weighted by Crippen LogP contribution is 2.55. The second kappa shape index (κ2) is 20.1.